The van der Waals surface area contributed by atoms with Crippen molar-refractivity contribution in [1.29, 1.82) is 0 Å². The summed E-state index contributed by atoms with van der Waals surface area (Å²) in [6, 6.07) is 15.3. The third kappa shape index (κ3) is 4.25. The van der Waals surface area contributed by atoms with E-state index >= 15 is 0 Å². The molecule has 3 aromatic rings. The van der Waals surface area contributed by atoms with E-state index in [1.807, 2.05) is 30.3 Å². The molecule has 3 atom stereocenters. The van der Waals surface area contributed by atoms with Gasteiger partial charge in [0.1, 0.15) is 6.10 Å². The van der Waals surface area contributed by atoms with Gasteiger partial charge in [0.15, 0.2) is 13.0 Å². The van der Waals surface area contributed by atoms with E-state index < -0.39 is 6.23 Å². The van der Waals surface area contributed by atoms with Crippen molar-refractivity contribution in [3.8, 4) is 0 Å². The summed E-state index contributed by atoms with van der Waals surface area (Å²) in [6.07, 6.45) is 4.54. The van der Waals surface area contributed by atoms with E-state index in [-0.39, 0.29) is 30.8 Å². The number of fused-ring (bicyclic) bond motifs is 5. The van der Waals surface area contributed by atoms with Gasteiger partial charge in [-0.2, -0.15) is 0 Å². The lowest BCUT2D eigenvalue weighted by Gasteiger charge is -2.34. The van der Waals surface area contributed by atoms with Crippen LogP contribution in [0.25, 0.3) is 17.0 Å². The van der Waals surface area contributed by atoms with Crippen molar-refractivity contribution in [1.82, 2.24) is 15.2 Å². The Balaban J connectivity index is 1.17. The number of aromatic amines is 1. The maximum atomic E-state index is 13.2. The molecule has 0 spiro atoms. The molecule has 0 bridgehead atoms. The number of amides is 2. The van der Waals surface area contributed by atoms with Crippen molar-refractivity contribution in [3.63, 3.8) is 0 Å². The molecule has 35 heavy (non-hydrogen) atoms. The second-order valence-corrected chi connectivity index (χ2v) is 9.10. The lowest BCUT2D eigenvalue weighted by Crippen LogP contribution is -2.44. The number of hydrogen-bond donors (Lipinski definition) is 2. The van der Waals surface area contributed by atoms with Gasteiger partial charge in [0, 0.05) is 47.0 Å². The summed E-state index contributed by atoms with van der Waals surface area (Å²) in [7, 11) is 0. The number of aromatic nitrogens is 1. The summed E-state index contributed by atoms with van der Waals surface area (Å²) in [5.41, 5.74) is 4.37. The van der Waals surface area contributed by atoms with Crippen LogP contribution < -0.4 is 5.32 Å². The van der Waals surface area contributed by atoms with Crippen molar-refractivity contribution in [2.75, 3.05) is 19.9 Å². The zero-order valence-electron chi connectivity index (χ0n) is 19.2. The number of nitrogens with zero attached hydrogens (tertiary/aromatic N) is 1. The Kier molecular flexibility index (Phi) is 5.85. The molecule has 2 aromatic carbocycles. The summed E-state index contributed by atoms with van der Waals surface area (Å²) in [4.78, 5) is 30.9. The maximum Gasteiger partial charge on any atom is 0.251 e. The summed E-state index contributed by atoms with van der Waals surface area (Å²) >= 11 is 0. The van der Waals surface area contributed by atoms with Gasteiger partial charge in [-0.15, -0.1) is 0 Å². The molecule has 1 aromatic heterocycles. The highest BCUT2D eigenvalue weighted by Gasteiger charge is 2.44. The molecular weight excluding hydrogens is 446 g/mol. The first-order chi connectivity index (χ1) is 17.2. The Bertz CT molecular complexity index is 1290. The van der Waals surface area contributed by atoms with Crippen molar-refractivity contribution in [2.45, 2.75) is 37.8 Å². The molecule has 6 rings (SSSR count). The van der Waals surface area contributed by atoms with Crippen molar-refractivity contribution in [2.24, 2.45) is 0 Å². The Morgan fingerprint density at radius 2 is 2.03 bits per heavy atom. The average molecular weight is 474 g/mol. The molecule has 8 heteroatoms. The van der Waals surface area contributed by atoms with E-state index in [0.717, 1.165) is 47.2 Å². The molecule has 0 aliphatic carbocycles. The Labute approximate surface area is 202 Å². The van der Waals surface area contributed by atoms with E-state index in [4.69, 9.17) is 14.2 Å². The first-order valence-corrected chi connectivity index (χ1v) is 12.0. The molecule has 2 N–H and O–H groups in total. The first kappa shape index (κ1) is 22.0. The summed E-state index contributed by atoms with van der Waals surface area (Å²) < 4.78 is 17.3. The Hall–Kier alpha value is -3.46. The van der Waals surface area contributed by atoms with Crippen LogP contribution in [0.2, 0.25) is 0 Å². The zero-order valence-corrected chi connectivity index (χ0v) is 19.2. The number of rotatable bonds is 5. The Morgan fingerprint density at radius 3 is 2.91 bits per heavy atom. The third-order valence-electron chi connectivity index (χ3n) is 6.86. The highest BCUT2D eigenvalue weighted by molar-refractivity contribution is 5.96. The molecule has 3 aliphatic rings. The molecule has 4 heterocycles. The fourth-order valence-corrected chi connectivity index (χ4v) is 5.12. The van der Waals surface area contributed by atoms with Crippen molar-refractivity contribution >= 4 is 28.8 Å². The lowest BCUT2D eigenvalue weighted by molar-refractivity contribution is -0.140. The standard InChI is InChI=1S/C27H27N3O5/c31-23(11-10-17-5-3-6-18(13-17)26(32)28-14-19-7-4-12-33-19)30-15-22-24(25-27(30)35-16-34-25)20-8-1-2-9-21(20)29-22/h1-3,5-6,8-11,13,19,25,27,29H,4,7,12,14-16H2,(H,28,32)/b11-10+. The quantitative estimate of drug-likeness (QED) is 0.554. The van der Waals surface area contributed by atoms with Crippen LogP contribution in [0, 0.1) is 0 Å². The number of benzene rings is 2. The smallest absolute Gasteiger partial charge is 0.251 e. The van der Waals surface area contributed by atoms with Crippen LogP contribution in [0.15, 0.2) is 54.6 Å². The third-order valence-corrected chi connectivity index (χ3v) is 6.86. The van der Waals surface area contributed by atoms with Gasteiger partial charge in [0.05, 0.1) is 12.6 Å². The molecule has 2 saturated heterocycles. The highest BCUT2D eigenvalue weighted by Crippen LogP contribution is 2.42. The lowest BCUT2D eigenvalue weighted by atomic mass is 9.99. The maximum absolute atomic E-state index is 13.2. The van der Waals surface area contributed by atoms with Crippen LogP contribution in [0.3, 0.4) is 0 Å². The summed E-state index contributed by atoms with van der Waals surface area (Å²) in [6.45, 7) is 1.81. The van der Waals surface area contributed by atoms with E-state index in [0.29, 0.717) is 18.7 Å². The molecule has 180 valence electrons. The predicted molar refractivity (Wildman–Crippen MR) is 129 cm³/mol. The summed E-state index contributed by atoms with van der Waals surface area (Å²) in [5, 5.41) is 4.03. The molecule has 8 nitrogen and oxygen atoms in total. The highest BCUT2D eigenvalue weighted by atomic mass is 16.7. The number of H-pyrrole nitrogens is 1. The number of carbonyl (C=O) groups is 2. The van der Waals surface area contributed by atoms with E-state index in [2.05, 4.69) is 16.4 Å². The van der Waals surface area contributed by atoms with Crippen molar-refractivity contribution < 1.29 is 23.8 Å². The Morgan fingerprint density at radius 1 is 1.11 bits per heavy atom. The van der Waals surface area contributed by atoms with Crippen LogP contribution in [0.4, 0.5) is 0 Å². The minimum Gasteiger partial charge on any atom is -0.376 e. The normalized spacial score (nSPS) is 23.5. The van der Waals surface area contributed by atoms with Gasteiger partial charge in [-0.1, -0.05) is 30.3 Å². The molecule has 2 fully saturated rings. The minimum atomic E-state index is -0.478. The molecule has 3 unspecified atom stereocenters. The fraction of sp³-hybridized carbons (Fsp3) is 0.333. The first-order valence-electron chi connectivity index (χ1n) is 12.0. The van der Waals surface area contributed by atoms with Crippen molar-refractivity contribution in [3.05, 3.63) is 77.0 Å². The zero-order chi connectivity index (χ0) is 23.8. The number of ether oxygens (including phenoxy) is 3. The van der Waals surface area contributed by atoms with Gasteiger partial charge in [-0.05, 0) is 42.7 Å². The fourth-order valence-electron chi connectivity index (χ4n) is 5.12. The monoisotopic (exact) mass is 473 g/mol. The second-order valence-electron chi connectivity index (χ2n) is 9.10. The molecule has 2 amide bonds. The molecule has 0 saturated carbocycles. The predicted octanol–water partition coefficient (Wildman–Crippen LogP) is 3.50. The molecular formula is C27H27N3O5. The SMILES string of the molecule is O=C(NCC1CCCO1)c1cccc(/C=C/C(=O)N2Cc3[nH]c4ccccc4c3C3OCOC32)c1. The average Bonchev–Trinajstić information content (AvgIpc) is 3.64. The van der Waals surface area contributed by atoms with E-state index in [9.17, 15) is 9.59 Å². The van der Waals surface area contributed by atoms with E-state index in [1.54, 1.807) is 23.1 Å². The minimum absolute atomic E-state index is 0.0904. The van der Waals surface area contributed by atoms with Gasteiger partial charge >= 0.3 is 0 Å². The van der Waals surface area contributed by atoms with Gasteiger partial charge in [0.2, 0.25) is 5.91 Å². The van der Waals surface area contributed by atoms with Gasteiger partial charge in [0.25, 0.3) is 5.91 Å². The summed E-state index contributed by atoms with van der Waals surface area (Å²) in [5.74, 6) is -0.327. The largest absolute Gasteiger partial charge is 0.376 e. The van der Waals surface area contributed by atoms with Crippen LogP contribution in [0.1, 0.15) is 46.1 Å². The van der Waals surface area contributed by atoms with Crippen LogP contribution >= 0.6 is 0 Å². The second kappa shape index (κ2) is 9.30. The van der Waals surface area contributed by atoms with Crippen LogP contribution in [0.5, 0.6) is 0 Å². The number of nitrogens with one attached hydrogen (secondary N) is 2. The van der Waals surface area contributed by atoms with Gasteiger partial charge < -0.3 is 29.4 Å². The molecule has 0 radical (unpaired) electrons. The number of para-hydroxylation sites is 1. The van der Waals surface area contributed by atoms with Crippen LogP contribution in [-0.4, -0.2) is 54.0 Å². The topological polar surface area (TPSA) is 92.9 Å². The molecule has 3 aliphatic heterocycles. The van der Waals surface area contributed by atoms with Crippen LogP contribution in [-0.2, 0) is 25.5 Å². The number of carbonyl (C=O) groups excluding carboxylic acids is 2. The number of hydrogen-bond acceptors (Lipinski definition) is 5. The van der Waals surface area contributed by atoms with E-state index in [1.165, 1.54) is 6.08 Å². The van der Waals surface area contributed by atoms with Gasteiger partial charge in [-0.25, -0.2) is 0 Å². The van der Waals surface area contributed by atoms with Gasteiger partial charge in [-0.3, -0.25) is 9.59 Å².